The minimum absolute atomic E-state index is 0.354. The van der Waals surface area contributed by atoms with Crippen LogP contribution < -0.4 is 0 Å². The Kier molecular flexibility index (Phi) is 8.01. The number of hydrogen-bond donors (Lipinski definition) is 0. The van der Waals surface area contributed by atoms with E-state index in [2.05, 4.69) is 6.58 Å². The van der Waals surface area contributed by atoms with Gasteiger partial charge in [-0.3, -0.25) is 0 Å². The molecule has 0 heterocycles. The molecule has 0 bridgehead atoms. The van der Waals surface area contributed by atoms with Gasteiger partial charge in [-0.05, 0) is 49.1 Å². The number of esters is 2. The van der Waals surface area contributed by atoms with Gasteiger partial charge in [0.25, 0.3) is 0 Å². The third-order valence-corrected chi connectivity index (χ3v) is 4.06. The maximum absolute atomic E-state index is 12.4. The Morgan fingerprint density at radius 3 is 2.07 bits per heavy atom. The van der Waals surface area contributed by atoms with Crippen molar-refractivity contribution >= 4 is 22.7 Å². The molecule has 0 aliphatic carbocycles. The van der Waals surface area contributed by atoms with Crippen molar-refractivity contribution in [2.45, 2.75) is 26.2 Å². The van der Waals surface area contributed by atoms with Gasteiger partial charge in [-0.25, -0.2) is 9.59 Å². The van der Waals surface area contributed by atoms with Crippen LogP contribution in [0.2, 0.25) is 0 Å². The van der Waals surface area contributed by atoms with E-state index in [1.54, 1.807) is 24.3 Å². The summed E-state index contributed by atoms with van der Waals surface area (Å²) in [6.07, 6.45) is 2.62. The smallest absolute Gasteiger partial charge is 0.338 e. The number of rotatable bonds is 10. The van der Waals surface area contributed by atoms with Crippen LogP contribution in [0.1, 0.15) is 46.9 Å². The van der Waals surface area contributed by atoms with Crippen LogP contribution in [-0.2, 0) is 14.2 Å². The minimum atomic E-state index is -0.431. The molecular formula is C22H26O5. The molecule has 0 N–H and O–H groups in total. The maximum atomic E-state index is 12.4. The highest BCUT2D eigenvalue weighted by Gasteiger charge is 2.17. The lowest BCUT2D eigenvalue weighted by atomic mass is 9.99. The molecule has 2 aromatic rings. The fourth-order valence-corrected chi connectivity index (χ4v) is 2.74. The lowest BCUT2D eigenvalue weighted by Gasteiger charge is -2.10. The van der Waals surface area contributed by atoms with Crippen LogP contribution in [0.25, 0.3) is 10.8 Å². The SMILES string of the molecule is C=C(C)COCCCCCOC(=O)c1ccc(C(=O)OC)c2ccccc12. The summed E-state index contributed by atoms with van der Waals surface area (Å²) in [5, 5.41) is 1.35. The average Bonchev–Trinajstić information content (AvgIpc) is 2.68. The van der Waals surface area contributed by atoms with Crippen molar-refractivity contribution in [2.24, 2.45) is 0 Å². The highest BCUT2D eigenvalue weighted by molar-refractivity contribution is 6.11. The largest absolute Gasteiger partial charge is 0.465 e. The van der Waals surface area contributed by atoms with Crippen LogP contribution >= 0.6 is 0 Å². The Balaban J connectivity index is 1.91. The Labute approximate surface area is 159 Å². The second-order valence-electron chi connectivity index (χ2n) is 6.40. The van der Waals surface area contributed by atoms with Gasteiger partial charge in [0, 0.05) is 6.61 Å². The lowest BCUT2D eigenvalue weighted by Crippen LogP contribution is -2.09. The number of benzene rings is 2. The molecule has 0 fully saturated rings. The first-order valence-corrected chi connectivity index (χ1v) is 9.04. The van der Waals surface area contributed by atoms with E-state index in [1.807, 2.05) is 19.1 Å². The number of hydrogen-bond acceptors (Lipinski definition) is 5. The van der Waals surface area contributed by atoms with Crippen molar-refractivity contribution in [1.29, 1.82) is 0 Å². The van der Waals surface area contributed by atoms with Gasteiger partial charge in [0.2, 0.25) is 0 Å². The number of carbonyl (C=O) groups excluding carboxylic acids is 2. The average molecular weight is 370 g/mol. The molecule has 27 heavy (non-hydrogen) atoms. The van der Waals surface area contributed by atoms with Crippen molar-refractivity contribution in [3.63, 3.8) is 0 Å². The number of unbranched alkanes of at least 4 members (excludes halogenated alkanes) is 2. The Bertz CT molecular complexity index is 809. The molecule has 5 heteroatoms. The first-order chi connectivity index (χ1) is 13.0. The second kappa shape index (κ2) is 10.5. The highest BCUT2D eigenvalue weighted by Crippen LogP contribution is 2.24. The van der Waals surface area contributed by atoms with Crippen LogP contribution in [0.15, 0.2) is 48.6 Å². The molecule has 0 radical (unpaired) electrons. The van der Waals surface area contributed by atoms with E-state index >= 15 is 0 Å². The molecule has 2 rings (SSSR count). The molecule has 0 aliphatic rings. The highest BCUT2D eigenvalue weighted by atomic mass is 16.5. The summed E-state index contributed by atoms with van der Waals surface area (Å²) in [5.74, 6) is -0.818. The summed E-state index contributed by atoms with van der Waals surface area (Å²) in [5.41, 5.74) is 1.89. The number of methoxy groups -OCH3 is 1. The molecule has 0 spiro atoms. The Morgan fingerprint density at radius 2 is 1.48 bits per heavy atom. The zero-order valence-corrected chi connectivity index (χ0v) is 16.0. The van der Waals surface area contributed by atoms with E-state index in [4.69, 9.17) is 14.2 Å². The number of ether oxygens (including phenoxy) is 3. The zero-order chi connectivity index (χ0) is 19.6. The predicted octanol–water partition coefficient (Wildman–Crippen LogP) is 4.55. The van der Waals surface area contributed by atoms with Crippen molar-refractivity contribution < 1.29 is 23.8 Å². The van der Waals surface area contributed by atoms with Crippen molar-refractivity contribution in [1.82, 2.24) is 0 Å². The molecule has 5 nitrogen and oxygen atoms in total. The molecule has 0 atom stereocenters. The van der Waals surface area contributed by atoms with Crippen molar-refractivity contribution in [2.75, 3.05) is 26.9 Å². The molecule has 2 aromatic carbocycles. The van der Waals surface area contributed by atoms with Gasteiger partial charge in [-0.1, -0.05) is 36.4 Å². The summed E-state index contributed by atoms with van der Waals surface area (Å²) in [6.45, 7) is 7.34. The number of carbonyl (C=O) groups is 2. The van der Waals surface area contributed by atoms with Gasteiger partial charge in [-0.15, -0.1) is 0 Å². The molecule has 0 unspecified atom stereocenters. The molecule has 0 amide bonds. The first kappa shape index (κ1) is 20.6. The molecule has 0 aliphatic heterocycles. The van der Waals surface area contributed by atoms with E-state index in [9.17, 15) is 9.59 Å². The fraction of sp³-hybridized carbons (Fsp3) is 0.364. The molecular weight excluding hydrogens is 344 g/mol. The van der Waals surface area contributed by atoms with Crippen molar-refractivity contribution in [3.05, 3.63) is 59.7 Å². The minimum Gasteiger partial charge on any atom is -0.465 e. The van der Waals surface area contributed by atoms with Crippen LogP contribution in [0.3, 0.4) is 0 Å². The molecule has 0 saturated carbocycles. The zero-order valence-electron chi connectivity index (χ0n) is 16.0. The normalized spacial score (nSPS) is 10.6. The van der Waals surface area contributed by atoms with E-state index in [1.165, 1.54) is 7.11 Å². The monoisotopic (exact) mass is 370 g/mol. The van der Waals surface area contributed by atoms with Gasteiger partial charge in [0.1, 0.15) is 0 Å². The Hall–Kier alpha value is -2.66. The Morgan fingerprint density at radius 1 is 0.889 bits per heavy atom. The van der Waals surface area contributed by atoms with Gasteiger partial charge < -0.3 is 14.2 Å². The second-order valence-corrected chi connectivity index (χ2v) is 6.40. The summed E-state index contributed by atoms with van der Waals surface area (Å²) in [7, 11) is 1.34. The topological polar surface area (TPSA) is 61.8 Å². The number of fused-ring (bicyclic) bond motifs is 1. The third-order valence-electron chi connectivity index (χ3n) is 4.06. The van der Waals surface area contributed by atoms with E-state index < -0.39 is 5.97 Å². The van der Waals surface area contributed by atoms with Crippen LogP contribution in [0.5, 0.6) is 0 Å². The van der Waals surface area contributed by atoms with Crippen LogP contribution in [0.4, 0.5) is 0 Å². The standard InChI is InChI=1S/C22H26O5/c1-16(2)15-26-13-7-4-8-14-27-22(24)20-12-11-19(21(23)25-3)17-9-5-6-10-18(17)20/h5-6,9-12H,1,4,7-8,13-15H2,2-3H3. The summed E-state index contributed by atoms with van der Waals surface area (Å²) in [6, 6.07) is 10.5. The molecule has 0 aromatic heterocycles. The van der Waals surface area contributed by atoms with Gasteiger partial charge in [0.05, 0.1) is 31.5 Å². The maximum Gasteiger partial charge on any atom is 0.338 e. The third kappa shape index (κ3) is 5.93. The lowest BCUT2D eigenvalue weighted by molar-refractivity contribution is 0.0495. The van der Waals surface area contributed by atoms with Crippen LogP contribution in [0, 0.1) is 0 Å². The molecule has 0 saturated heterocycles. The van der Waals surface area contributed by atoms with Gasteiger partial charge >= 0.3 is 11.9 Å². The summed E-state index contributed by atoms with van der Waals surface area (Å²) in [4.78, 5) is 24.4. The van der Waals surface area contributed by atoms with Gasteiger partial charge in [-0.2, -0.15) is 0 Å². The van der Waals surface area contributed by atoms with Crippen LogP contribution in [-0.4, -0.2) is 38.9 Å². The quantitative estimate of drug-likeness (QED) is 0.349. The van der Waals surface area contributed by atoms with Gasteiger partial charge in [0.15, 0.2) is 0 Å². The van der Waals surface area contributed by atoms with Crippen molar-refractivity contribution in [3.8, 4) is 0 Å². The fourth-order valence-electron chi connectivity index (χ4n) is 2.74. The van der Waals surface area contributed by atoms with E-state index in [-0.39, 0.29) is 5.97 Å². The predicted molar refractivity (Wildman–Crippen MR) is 105 cm³/mol. The molecule has 144 valence electrons. The van der Waals surface area contributed by atoms with E-state index in [0.29, 0.717) is 41.7 Å². The first-order valence-electron chi connectivity index (χ1n) is 9.04. The van der Waals surface area contributed by atoms with E-state index in [0.717, 1.165) is 24.8 Å². The summed E-state index contributed by atoms with van der Waals surface area (Å²) < 4.78 is 15.6. The summed E-state index contributed by atoms with van der Waals surface area (Å²) >= 11 is 0.